The van der Waals surface area contributed by atoms with Gasteiger partial charge in [-0.25, -0.2) is 0 Å². The van der Waals surface area contributed by atoms with Crippen LogP contribution < -0.4 is 10.9 Å². The molecule has 0 saturated carbocycles. The van der Waals surface area contributed by atoms with E-state index in [0.717, 1.165) is 18.8 Å². The van der Waals surface area contributed by atoms with Gasteiger partial charge in [-0.2, -0.15) is 0 Å². The fourth-order valence-electron chi connectivity index (χ4n) is 1.66. The molecule has 1 saturated heterocycles. The maximum atomic E-state index is 11.3. The normalized spacial score (nSPS) is 17.9. The lowest BCUT2D eigenvalue weighted by atomic mass is 10.1. The summed E-state index contributed by atoms with van der Waals surface area (Å²) in [4.78, 5) is 13.5. The molecule has 0 radical (unpaired) electrons. The highest BCUT2D eigenvalue weighted by molar-refractivity contribution is 5.42. The zero-order valence-corrected chi connectivity index (χ0v) is 8.53. The van der Waals surface area contributed by atoms with Crippen LogP contribution >= 0.6 is 0 Å². The average molecular weight is 193 g/mol. The number of nitrogens with zero attached hydrogens (tertiary/aromatic N) is 2. The summed E-state index contributed by atoms with van der Waals surface area (Å²) in [5.74, 6) is 0. The minimum absolute atomic E-state index is 0.0303. The summed E-state index contributed by atoms with van der Waals surface area (Å²) in [6.07, 6.45) is 1.78. The second kappa shape index (κ2) is 3.46. The van der Waals surface area contributed by atoms with Gasteiger partial charge in [-0.3, -0.25) is 4.79 Å². The van der Waals surface area contributed by atoms with E-state index < -0.39 is 0 Å². The molecule has 1 aliphatic rings. The van der Waals surface area contributed by atoms with Gasteiger partial charge in [-0.05, 0) is 13.1 Å². The lowest BCUT2D eigenvalue weighted by Gasteiger charge is -2.37. The second-order valence-corrected chi connectivity index (χ2v) is 3.93. The van der Waals surface area contributed by atoms with Gasteiger partial charge in [0.15, 0.2) is 0 Å². The Labute approximate surface area is 83.2 Å². The molecule has 0 atom stereocenters. The minimum atomic E-state index is 0.0303. The Balaban J connectivity index is 2.03. The Bertz CT molecular complexity index is 379. The van der Waals surface area contributed by atoms with Crippen LogP contribution in [0.25, 0.3) is 0 Å². The molecule has 76 valence electrons. The summed E-state index contributed by atoms with van der Waals surface area (Å²) in [6, 6.07) is 4.06. The van der Waals surface area contributed by atoms with Crippen LogP contribution in [0.15, 0.2) is 23.1 Å². The molecular formula is C10H15N3O. The van der Waals surface area contributed by atoms with Gasteiger partial charge < -0.3 is 14.8 Å². The van der Waals surface area contributed by atoms with E-state index in [0.29, 0.717) is 6.04 Å². The van der Waals surface area contributed by atoms with Gasteiger partial charge in [-0.15, -0.1) is 0 Å². The second-order valence-electron chi connectivity index (χ2n) is 3.93. The lowest BCUT2D eigenvalue weighted by molar-refractivity contribution is 0.205. The topological polar surface area (TPSA) is 37.3 Å². The Morgan fingerprint density at radius 1 is 1.43 bits per heavy atom. The van der Waals surface area contributed by atoms with E-state index in [2.05, 4.69) is 17.3 Å². The number of aromatic nitrogens is 1. The molecule has 0 aliphatic carbocycles. The van der Waals surface area contributed by atoms with Gasteiger partial charge in [0, 0.05) is 38.1 Å². The zero-order chi connectivity index (χ0) is 10.1. The third-order valence-electron chi connectivity index (χ3n) is 2.54. The summed E-state index contributed by atoms with van der Waals surface area (Å²) in [5.41, 5.74) is 0.953. The molecule has 2 heterocycles. The molecule has 4 nitrogen and oxygen atoms in total. The molecule has 0 amide bonds. The molecule has 0 spiro atoms. The highest BCUT2D eigenvalue weighted by Gasteiger charge is 2.22. The number of nitrogens with one attached hydrogen (secondary N) is 1. The van der Waals surface area contributed by atoms with Crippen molar-refractivity contribution >= 4 is 5.69 Å². The van der Waals surface area contributed by atoms with Crippen LogP contribution in [-0.4, -0.2) is 35.6 Å². The third-order valence-corrected chi connectivity index (χ3v) is 2.54. The first-order valence-electron chi connectivity index (χ1n) is 4.77. The molecule has 14 heavy (non-hydrogen) atoms. The summed E-state index contributed by atoms with van der Waals surface area (Å²) in [5, 5.41) is 3.32. The Morgan fingerprint density at radius 3 is 2.71 bits per heavy atom. The molecule has 1 aromatic heterocycles. The fourth-order valence-corrected chi connectivity index (χ4v) is 1.66. The summed E-state index contributed by atoms with van der Waals surface area (Å²) in [7, 11) is 3.84. The lowest BCUT2D eigenvalue weighted by Crippen LogP contribution is -2.52. The molecule has 4 heteroatoms. The van der Waals surface area contributed by atoms with E-state index in [1.807, 2.05) is 6.07 Å². The average Bonchev–Trinajstić information content (AvgIpc) is 2.09. The Morgan fingerprint density at radius 2 is 2.14 bits per heavy atom. The summed E-state index contributed by atoms with van der Waals surface area (Å²) >= 11 is 0. The number of likely N-dealkylation sites (N-methyl/N-ethyl adjacent to an activating group) is 1. The van der Waals surface area contributed by atoms with Crippen LogP contribution in [0, 0.1) is 0 Å². The summed E-state index contributed by atoms with van der Waals surface area (Å²) < 4.78 is 1.57. The monoisotopic (exact) mass is 193 g/mol. The predicted octanol–water partition coefficient (Wildman–Crippen LogP) is 0.111. The fraction of sp³-hybridized carbons (Fsp3) is 0.500. The highest BCUT2D eigenvalue weighted by atomic mass is 16.1. The number of pyridine rings is 1. The smallest absolute Gasteiger partial charge is 0.252 e. The van der Waals surface area contributed by atoms with E-state index >= 15 is 0 Å². The maximum Gasteiger partial charge on any atom is 0.252 e. The first kappa shape index (κ1) is 9.27. The SMILES string of the molecule is CN1CC(Nc2ccn(C)c(=O)c2)C1. The molecule has 0 aromatic carbocycles. The molecule has 0 unspecified atom stereocenters. The highest BCUT2D eigenvalue weighted by Crippen LogP contribution is 2.11. The Hall–Kier alpha value is -1.29. The van der Waals surface area contributed by atoms with E-state index in [9.17, 15) is 4.79 Å². The van der Waals surface area contributed by atoms with Crippen LogP contribution in [0.2, 0.25) is 0 Å². The van der Waals surface area contributed by atoms with Gasteiger partial charge in [0.2, 0.25) is 0 Å². The van der Waals surface area contributed by atoms with Crippen molar-refractivity contribution in [2.45, 2.75) is 6.04 Å². The molecule has 1 aromatic rings. The molecule has 2 rings (SSSR count). The van der Waals surface area contributed by atoms with Crippen LogP contribution in [0.3, 0.4) is 0 Å². The minimum Gasteiger partial charge on any atom is -0.380 e. The zero-order valence-electron chi connectivity index (χ0n) is 8.53. The van der Waals surface area contributed by atoms with Gasteiger partial charge >= 0.3 is 0 Å². The van der Waals surface area contributed by atoms with Crippen LogP contribution in [0.4, 0.5) is 5.69 Å². The molecule has 1 aliphatic heterocycles. The first-order valence-corrected chi connectivity index (χ1v) is 4.77. The number of aryl methyl sites for hydroxylation is 1. The number of likely N-dealkylation sites (tertiary alicyclic amines) is 1. The van der Waals surface area contributed by atoms with E-state index in [1.54, 1.807) is 23.9 Å². The van der Waals surface area contributed by atoms with Gasteiger partial charge in [-0.1, -0.05) is 0 Å². The van der Waals surface area contributed by atoms with Crippen molar-refractivity contribution in [3.05, 3.63) is 28.7 Å². The van der Waals surface area contributed by atoms with Crippen molar-refractivity contribution in [2.75, 3.05) is 25.5 Å². The van der Waals surface area contributed by atoms with E-state index in [4.69, 9.17) is 0 Å². The summed E-state index contributed by atoms with van der Waals surface area (Å²) in [6.45, 7) is 2.10. The van der Waals surface area contributed by atoms with Gasteiger partial charge in [0.25, 0.3) is 5.56 Å². The van der Waals surface area contributed by atoms with Gasteiger partial charge in [0.05, 0.1) is 6.04 Å². The largest absolute Gasteiger partial charge is 0.380 e. The third kappa shape index (κ3) is 1.80. The van der Waals surface area contributed by atoms with Crippen molar-refractivity contribution in [1.29, 1.82) is 0 Å². The predicted molar refractivity (Wildman–Crippen MR) is 56.6 cm³/mol. The van der Waals surface area contributed by atoms with Crippen molar-refractivity contribution in [3.8, 4) is 0 Å². The van der Waals surface area contributed by atoms with Crippen molar-refractivity contribution in [1.82, 2.24) is 9.47 Å². The quantitative estimate of drug-likeness (QED) is 0.724. The van der Waals surface area contributed by atoms with Gasteiger partial charge in [0.1, 0.15) is 0 Å². The van der Waals surface area contributed by atoms with Crippen molar-refractivity contribution in [2.24, 2.45) is 7.05 Å². The number of anilines is 1. The van der Waals surface area contributed by atoms with Crippen LogP contribution in [-0.2, 0) is 7.05 Å². The Kier molecular flexibility index (Phi) is 2.29. The van der Waals surface area contributed by atoms with Crippen LogP contribution in [0.1, 0.15) is 0 Å². The number of rotatable bonds is 2. The first-order chi connectivity index (χ1) is 6.65. The molecule has 1 N–H and O–H groups in total. The molecular weight excluding hydrogens is 178 g/mol. The number of hydrogen-bond donors (Lipinski definition) is 1. The molecule has 0 bridgehead atoms. The van der Waals surface area contributed by atoms with E-state index in [1.165, 1.54) is 0 Å². The maximum absolute atomic E-state index is 11.3. The van der Waals surface area contributed by atoms with E-state index in [-0.39, 0.29) is 5.56 Å². The molecule has 1 fully saturated rings. The van der Waals surface area contributed by atoms with Crippen LogP contribution in [0.5, 0.6) is 0 Å². The van der Waals surface area contributed by atoms with Crippen molar-refractivity contribution < 1.29 is 0 Å². The standard InChI is InChI=1S/C10H15N3O/c1-12-6-9(7-12)11-8-3-4-13(2)10(14)5-8/h3-5,9,11H,6-7H2,1-2H3. The number of hydrogen-bond acceptors (Lipinski definition) is 3. The van der Waals surface area contributed by atoms with Crippen molar-refractivity contribution in [3.63, 3.8) is 0 Å².